The first-order chi connectivity index (χ1) is 7.34. The van der Waals surface area contributed by atoms with E-state index in [2.05, 4.69) is 11.8 Å². The Labute approximate surface area is 96.6 Å². The number of rotatable bonds is 0. The molecule has 0 heterocycles. The topological polar surface area (TPSA) is 0 Å². The largest absolute Gasteiger partial charge is 0.0945 e. The minimum absolute atomic E-state index is 0.620. The van der Waals surface area contributed by atoms with Gasteiger partial charge in [0.25, 0.3) is 0 Å². The highest BCUT2D eigenvalue weighted by Gasteiger charge is 2.09. The van der Waals surface area contributed by atoms with Crippen LogP contribution in [0.2, 0.25) is 5.02 Å². The summed E-state index contributed by atoms with van der Waals surface area (Å²) in [5.41, 5.74) is 1.07. The summed E-state index contributed by atoms with van der Waals surface area (Å²) in [5.74, 6) is 7.22. The van der Waals surface area contributed by atoms with Gasteiger partial charge < -0.3 is 0 Å². The van der Waals surface area contributed by atoms with Crippen LogP contribution in [0.25, 0.3) is 0 Å². The SMILES string of the molecule is Clc1ccc(C#CC2CCCCC2)cc1. The van der Waals surface area contributed by atoms with Gasteiger partial charge in [-0.1, -0.05) is 42.7 Å². The van der Waals surface area contributed by atoms with Crippen LogP contribution in [-0.2, 0) is 0 Å². The average molecular weight is 219 g/mol. The second-order valence-electron chi connectivity index (χ2n) is 4.11. The third-order valence-electron chi connectivity index (χ3n) is 2.87. The first-order valence-corrected chi connectivity index (χ1v) is 5.99. The van der Waals surface area contributed by atoms with Crippen molar-refractivity contribution < 1.29 is 0 Å². The quantitative estimate of drug-likeness (QED) is 0.571. The lowest BCUT2D eigenvalue weighted by atomic mass is 9.90. The maximum atomic E-state index is 5.81. The Balaban J connectivity index is 2.00. The molecule has 1 aromatic carbocycles. The minimum Gasteiger partial charge on any atom is -0.0945 e. The predicted octanol–water partition coefficient (Wildman–Crippen LogP) is 4.27. The monoisotopic (exact) mass is 218 g/mol. The van der Waals surface area contributed by atoms with Crippen molar-refractivity contribution in [3.05, 3.63) is 34.9 Å². The fourth-order valence-electron chi connectivity index (χ4n) is 1.97. The van der Waals surface area contributed by atoms with Gasteiger partial charge in [-0.05, 0) is 37.1 Å². The molecule has 1 saturated carbocycles. The molecule has 0 amide bonds. The van der Waals surface area contributed by atoms with E-state index in [1.165, 1.54) is 32.1 Å². The van der Waals surface area contributed by atoms with Crippen LogP contribution in [0.3, 0.4) is 0 Å². The Morgan fingerprint density at radius 1 is 1.00 bits per heavy atom. The average Bonchev–Trinajstić information content (AvgIpc) is 2.30. The Hall–Kier alpha value is -0.930. The van der Waals surface area contributed by atoms with E-state index in [1.54, 1.807) is 0 Å². The van der Waals surface area contributed by atoms with Gasteiger partial charge in [-0.2, -0.15) is 0 Å². The smallest absolute Gasteiger partial charge is 0.0406 e. The lowest BCUT2D eigenvalue weighted by molar-refractivity contribution is 0.430. The minimum atomic E-state index is 0.620. The highest BCUT2D eigenvalue weighted by Crippen LogP contribution is 2.22. The predicted molar refractivity (Wildman–Crippen MR) is 64.9 cm³/mol. The molecule has 1 aromatic rings. The summed E-state index contributed by atoms with van der Waals surface area (Å²) >= 11 is 5.81. The van der Waals surface area contributed by atoms with E-state index >= 15 is 0 Å². The van der Waals surface area contributed by atoms with Gasteiger partial charge in [-0.3, -0.25) is 0 Å². The van der Waals surface area contributed by atoms with Crippen LogP contribution in [0.4, 0.5) is 0 Å². The molecule has 0 radical (unpaired) electrons. The maximum absolute atomic E-state index is 5.81. The van der Waals surface area contributed by atoms with Gasteiger partial charge in [0.2, 0.25) is 0 Å². The molecule has 1 aliphatic carbocycles. The van der Waals surface area contributed by atoms with Crippen LogP contribution in [0, 0.1) is 17.8 Å². The normalized spacial score (nSPS) is 16.9. The van der Waals surface area contributed by atoms with E-state index in [0.29, 0.717) is 5.92 Å². The van der Waals surface area contributed by atoms with Crippen molar-refractivity contribution in [2.75, 3.05) is 0 Å². The van der Waals surface area contributed by atoms with Crippen molar-refractivity contribution in [1.82, 2.24) is 0 Å². The zero-order valence-corrected chi connectivity index (χ0v) is 9.56. The summed E-state index contributed by atoms with van der Waals surface area (Å²) < 4.78 is 0. The van der Waals surface area contributed by atoms with Crippen molar-refractivity contribution in [2.24, 2.45) is 5.92 Å². The van der Waals surface area contributed by atoms with Crippen molar-refractivity contribution in [3.8, 4) is 11.8 Å². The third-order valence-corrected chi connectivity index (χ3v) is 3.12. The van der Waals surface area contributed by atoms with Crippen LogP contribution in [0.15, 0.2) is 24.3 Å². The fraction of sp³-hybridized carbons (Fsp3) is 0.429. The molecule has 1 heteroatoms. The molecule has 0 bridgehead atoms. The molecule has 0 aliphatic heterocycles. The molecular weight excluding hydrogens is 204 g/mol. The highest BCUT2D eigenvalue weighted by atomic mass is 35.5. The Bertz CT molecular complexity index is 361. The lowest BCUT2D eigenvalue weighted by Crippen LogP contribution is -2.02. The molecule has 78 valence electrons. The van der Waals surface area contributed by atoms with Crippen molar-refractivity contribution in [1.29, 1.82) is 0 Å². The van der Waals surface area contributed by atoms with Gasteiger partial charge in [-0.25, -0.2) is 0 Å². The molecule has 15 heavy (non-hydrogen) atoms. The number of halogens is 1. The van der Waals surface area contributed by atoms with Gasteiger partial charge in [-0.15, -0.1) is 0 Å². The summed E-state index contributed by atoms with van der Waals surface area (Å²) in [6, 6.07) is 7.76. The summed E-state index contributed by atoms with van der Waals surface area (Å²) in [4.78, 5) is 0. The van der Waals surface area contributed by atoms with Crippen LogP contribution in [-0.4, -0.2) is 0 Å². The number of hydrogen-bond donors (Lipinski definition) is 0. The van der Waals surface area contributed by atoms with Crippen LogP contribution in [0.1, 0.15) is 37.7 Å². The zero-order valence-electron chi connectivity index (χ0n) is 8.80. The van der Waals surface area contributed by atoms with E-state index < -0.39 is 0 Å². The van der Waals surface area contributed by atoms with Crippen LogP contribution < -0.4 is 0 Å². The maximum Gasteiger partial charge on any atom is 0.0406 e. The van der Waals surface area contributed by atoms with Crippen LogP contribution in [0.5, 0.6) is 0 Å². The molecule has 1 fully saturated rings. The van der Waals surface area contributed by atoms with Gasteiger partial charge in [0.1, 0.15) is 0 Å². The molecule has 0 saturated heterocycles. The van der Waals surface area contributed by atoms with E-state index in [9.17, 15) is 0 Å². The molecule has 1 aliphatic rings. The molecule has 0 aromatic heterocycles. The summed E-state index contributed by atoms with van der Waals surface area (Å²) in [5, 5.41) is 0.776. The summed E-state index contributed by atoms with van der Waals surface area (Å²) in [6.45, 7) is 0. The first kappa shape index (κ1) is 10.6. The van der Waals surface area contributed by atoms with Crippen LogP contribution >= 0.6 is 11.6 Å². The summed E-state index contributed by atoms with van der Waals surface area (Å²) in [6.07, 6.45) is 6.64. The third kappa shape index (κ3) is 3.29. The van der Waals surface area contributed by atoms with E-state index in [4.69, 9.17) is 11.6 Å². The Morgan fingerprint density at radius 3 is 2.33 bits per heavy atom. The van der Waals surface area contributed by atoms with E-state index in [-0.39, 0.29) is 0 Å². The molecule has 0 unspecified atom stereocenters. The van der Waals surface area contributed by atoms with Gasteiger partial charge in [0.15, 0.2) is 0 Å². The van der Waals surface area contributed by atoms with Gasteiger partial charge in [0, 0.05) is 16.5 Å². The molecule has 2 rings (SSSR count). The number of hydrogen-bond acceptors (Lipinski definition) is 0. The fourth-order valence-corrected chi connectivity index (χ4v) is 2.09. The zero-order chi connectivity index (χ0) is 10.5. The van der Waals surface area contributed by atoms with Gasteiger partial charge >= 0.3 is 0 Å². The standard InChI is InChI=1S/C14H15Cl/c15-14-10-8-13(9-11-14)7-6-12-4-2-1-3-5-12/h8-12H,1-5H2. The Morgan fingerprint density at radius 2 is 1.67 bits per heavy atom. The van der Waals surface area contributed by atoms with Gasteiger partial charge in [0.05, 0.1) is 0 Å². The molecule has 0 nitrogen and oxygen atoms in total. The molecular formula is C14H15Cl. The molecule has 0 spiro atoms. The molecule has 0 atom stereocenters. The first-order valence-electron chi connectivity index (χ1n) is 5.62. The van der Waals surface area contributed by atoms with Crippen molar-refractivity contribution in [2.45, 2.75) is 32.1 Å². The lowest BCUT2D eigenvalue weighted by Gasteiger charge is -2.15. The second-order valence-corrected chi connectivity index (χ2v) is 4.55. The molecule has 0 N–H and O–H groups in total. The van der Waals surface area contributed by atoms with E-state index in [0.717, 1.165) is 10.6 Å². The number of benzene rings is 1. The van der Waals surface area contributed by atoms with Crippen molar-refractivity contribution in [3.63, 3.8) is 0 Å². The summed E-state index contributed by atoms with van der Waals surface area (Å²) in [7, 11) is 0. The second kappa shape index (κ2) is 5.24. The Kier molecular flexibility index (Phi) is 3.69. The van der Waals surface area contributed by atoms with E-state index in [1.807, 2.05) is 24.3 Å². The highest BCUT2D eigenvalue weighted by molar-refractivity contribution is 6.30. The van der Waals surface area contributed by atoms with Crippen molar-refractivity contribution >= 4 is 11.6 Å².